The van der Waals surface area contributed by atoms with E-state index in [9.17, 15) is 14.4 Å². The molecule has 6 heteroatoms. The molecule has 0 saturated carbocycles. The molecule has 1 unspecified atom stereocenters. The summed E-state index contributed by atoms with van der Waals surface area (Å²) in [6.45, 7) is 6.55. The molecule has 0 fully saturated rings. The van der Waals surface area contributed by atoms with Gasteiger partial charge in [0.25, 0.3) is 0 Å². The van der Waals surface area contributed by atoms with Crippen LogP contribution >= 0.6 is 0 Å². The Labute approximate surface area is 416 Å². The molecular weight excluding hydrogens is 829 g/mol. The van der Waals surface area contributed by atoms with Gasteiger partial charge in [-0.25, -0.2) is 0 Å². The van der Waals surface area contributed by atoms with E-state index in [1.54, 1.807) is 0 Å². The maximum atomic E-state index is 12.8. The van der Waals surface area contributed by atoms with Crippen molar-refractivity contribution in [3.63, 3.8) is 0 Å². The second-order valence-electron chi connectivity index (χ2n) is 19.6. The molecule has 1 atom stereocenters. The van der Waals surface area contributed by atoms with Gasteiger partial charge in [0, 0.05) is 19.3 Å². The lowest BCUT2D eigenvalue weighted by molar-refractivity contribution is -0.167. The van der Waals surface area contributed by atoms with Gasteiger partial charge >= 0.3 is 17.9 Å². The largest absolute Gasteiger partial charge is 0.462 e. The molecule has 0 aromatic carbocycles. The van der Waals surface area contributed by atoms with E-state index in [2.05, 4.69) is 69.4 Å². The van der Waals surface area contributed by atoms with Crippen molar-refractivity contribution in [3.05, 3.63) is 48.6 Å². The molecule has 0 amide bonds. The predicted octanol–water partition coefficient (Wildman–Crippen LogP) is 19.4. The molecule has 0 heterocycles. The van der Waals surface area contributed by atoms with Crippen LogP contribution in [-0.2, 0) is 28.6 Å². The molecule has 0 rings (SSSR count). The highest BCUT2D eigenvalue weighted by atomic mass is 16.6. The van der Waals surface area contributed by atoms with E-state index in [4.69, 9.17) is 14.2 Å². The highest BCUT2D eigenvalue weighted by molar-refractivity contribution is 5.71. The Balaban J connectivity index is 4.06. The van der Waals surface area contributed by atoms with Crippen molar-refractivity contribution in [2.75, 3.05) is 13.2 Å². The van der Waals surface area contributed by atoms with Gasteiger partial charge in [-0.15, -0.1) is 0 Å². The van der Waals surface area contributed by atoms with Gasteiger partial charge < -0.3 is 14.2 Å². The van der Waals surface area contributed by atoms with Crippen molar-refractivity contribution in [2.45, 2.75) is 309 Å². The van der Waals surface area contributed by atoms with E-state index in [1.165, 1.54) is 186 Å². The molecule has 0 aromatic rings. The van der Waals surface area contributed by atoms with Crippen LogP contribution in [0.4, 0.5) is 0 Å². The highest BCUT2D eigenvalue weighted by Crippen LogP contribution is 2.16. The van der Waals surface area contributed by atoms with Crippen LogP contribution in [0.25, 0.3) is 0 Å². The molecule has 0 aromatic heterocycles. The minimum absolute atomic E-state index is 0.0734. The van der Waals surface area contributed by atoms with Crippen molar-refractivity contribution in [2.24, 2.45) is 0 Å². The van der Waals surface area contributed by atoms with Gasteiger partial charge in [-0.1, -0.05) is 249 Å². The zero-order valence-electron chi connectivity index (χ0n) is 44.7. The molecule has 0 aliphatic heterocycles. The lowest BCUT2D eigenvalue weighted by Crippen LogP contribution is -2.30. The summed E-state index contributed by atoms with van der Waals surface area (Å²) < 4.78 is 16.7. The summed E-state index contributed by atoms with van der Waals surface area (Å²) in [4.78, 5) is 37.8. The van der Waals surface area contributed by atoms with E-state index in [1.807, 2.05) is 0 Å². The minimum Gasteiger partial charge on any atom is -0.462 e. The van der Waals surface area contributed by atoms with Crippen molar-refractivity contribution in [3.8, 4) is 0 Å². The first-order chi connectivity index (χ1) is 33.0. The molecule has 0 saturated heterocycles. The van der Waals surface area contributed by atoms with Gasteiger partial charge in [0.1, 0.15) is 13.2 Å². The standard InChI is InChI=1S/C61H110O6/c1-4-7-10-13-15-17-19-21-23-25-27-28-29-30-31-32-34-35-37-39-41-43-45-48-51-54-60(63)66-57-58(56-65-59(62)53-50-47-12-9-6-3)67-61(64)55-52-49-46-44-42-40-38-36-33-26-24-22-20-18-16-14-11-8-5-2/h16,18-19,21-22,24-25,27,58H,4-15,17,20,23,26,28-57H2,1-3H3/b18-16-,21-19-,24-22-,27-25-. The second kappa shape index (κ2) is 56.0. The zero-order chi connectivity index (χ0) is 48.6. The third-order valence-corrected chi connectivity index (χ3v) is 12.8. The number of allylic oxidation sites excluding steroid dienone is 8. The maximum Gasteiger partial charge on any atom is 0.306 e. The fourth-order valence-corrected chi connectivity index (χ4v) is 8.39. The number of ether oxygens (including phenoxy) is 3. The molecule has 0 aliphatic rings. The number of esters is 3. The molecule has 0 N–H and O–H groups in total. The van der Waals surface area contributed by atoms with Gasteiger partial charge in [-0.2, -0.15) is 0 Å². The Bertz CT molecular complexity index is 1170. The Morgan fingerprint density at radius 2 is 0.537 bits per heavy atom. The molecular formula is C61H110O6. The Kier molecular flexibility index (Phi) is 53.8. The summed E-state index contributed by atoms with van der Waals surface area (Å²) in [5.74, 6) is -0.881. The van der Waals surface area contributed by atoms with E-state index < -0.39 is 6.10 Å². The van der Waals surface area contributed by atoms with Crippen LogP contribution < -0.4 is 0 Å². The maximum absolute atomic E-state index is 12.8. The van der Waals surface area contributed by atoms with Crippen LogP contribution in [0.5, 0.6) is 0 Å². The first kappa shape index (κ1) is 64.4. The number of rotatable bonds is 53. The fraction of sp³-hybridized carbons (Fsp3) is 0.820. The molecule has 0 spiro atoms. The number of carbonyl (C=O) groups is 3. The van der Waals surface area contributed by atoms with Gasteiger partial charge in [0.05, 0.1) is 0 Å². The van der Waals surface area contributed by atoms with Crippen molar-refractivity contribution in [1.29, 1.82) is 0 Å². The van der Waals surface area contributed by atoms with Crippen LogP contribution in [0.1, 0.15) is 303 Å². The lowest BCUT2D eigenvalue weighted by atomic mass is 10.0. The van der Waals surface area contributed by atoms with E-state index in [-0.39, 0.29) is 31.1 Å². The first-order valence-corrected chi connectivity index (χ1v) is 29.1. The number of hydrogen-bond acceptors (Lipinski definition) is 6. The summed E-state index contributed by atoms with van der Waals surface area (Å²) in [5, 5.41) is 0. The predicted molar refractivity (Wildman–Crippen MR) is 289 cm³/mol. The summed E-state index contributed by atoms with van der Waals surface area (Å²) >= 11 is 0. The van der Waals surface area contributed by atoms with Crippen LogP contribution in [-0.4, -0.2) is 37.2 Å². The average Bonchev–Trinajstić information content (AvgIpc) is 3.33. The number of hydrogen-bond donors (Lipinski definition) is 0. The minimum atomic E-state index is -0.771. The molecule has 390 valence electrons. The molecule has 0 radical (unpaired) electrons. The zero-order valence-corrected chi connectivity index (χ0v) is 44.7. The van der Waals surface area contributed by atoms with Crippen LogP contribution in [0.2, 0.25) is 0 Å². The average molecular weight is 940 g/mol. The van der Waals surface area contributed by atoms with Crippen molar-refractivity contribution >= 4 is 17.9 Å². The molecule has 0 aliphatic carbocycles. The van der Waals surface area contributed by atoms with Gasteiger partial charge in [-0.3, -0.25) is 14.4 Å². The number of carbonyl (C=O) groups excluding carboxylic acids is 3. The van der Waals surface area contributed by atoms with Crippen molar-refractivity contribution in [1.82, 2.24) is 0 Å². The third-order valence-electron chi connectivity index (χ3n) is 12.8. The van der Waals surface area contributed by atoms with Crippen molar-refractivity contribution < 1.29 is 28.6 Å². The topological polar surface area (TPSA) is 78.9 Å². The summed E-state index contributed by atoms with van der Waals surface area (Å²) in [6.07, 6.45) is 68.6. The highest BCUT2D eigenvalue weighted by Gasteiger charge is 2.19. The molecule has 6 nitrogen and oxygen atoms in total. The van der Waals surface area contributed by atoms with E-state index in [0.29, 0.717) is 19.3 Å². The lowest BCUT2D eigenvalue weighted by Gasteiger charge is -2.18. The Morgan fingerprint density at radius 3 is 0.851 bits per heavy atom. The molecule has 0 bridgehead atoms. The number of unbranched alkanes of at least 4 members (excludes halogenated alkanes) is 34. The second-order valence-corrected chi connectivity index (χ2v) is 19.6. The monoisotopic (exact) mass is 939 g/mol. The normalized spacial score (nSPS) is 12.3. The SMILES string of the molecule is CCCCC/C=C\C/C=C\CCCCCCCCCCCC(=O)OC(COC(=O)CCCCCCC)COC(=O)CCCCCCCCCCCCCCC/C=C\C/C=C\CCCCCCC. The Morgan fingerprint density at radius 1 is 0.299 bits per heavy atom. The molecule has 67 heavy (non-hydrogen) atoms. The summed E-state index contributed by atoms with van der Waals surface area (Å²) in [7, 11) is 0. The fourth-order valence-electron chi connectivity index (χ4n) is 8.39. The summed E-state index contributed by atoms with van der Waals surface area (Å²) in [5.41, 5.74) is 0. The quantitative estimate of drug-likeness (QED) is 0.0262. The van der Waals surface area contributed by atoms with Crippen LogP contribution in [0.3, 0.4) is 0 Å². The smallest absolute Gasteiger partial charge is 0.306 e. The van der Waals surface area contributed by atoms with E-state index in [0.717, 1.165) is 77.0 Å². The van der Waals surface area contributed by atoms with E-state index >= 15 is 0 Å². The van der Waals surface area contributed by atoms with Gasteiger partial charge in [-0.05, 0) is 83.5 Å². The Hall–Kier alpha value is -2.63. The summed E-state index contributed by atoms with van der Waals surface area (Å²) in [6, 6.07) is 0. The first-order valence-electron chi connectivity index (χ1n) is 29.1. The van der Waals surface area contributed by atoms with Crippen LogP contribution in [0.15, 0.2) is 48.6 Å². The van der Waals surface area contributed by atoms with Gasteiger partial charge in [0.15, 0.2) is 6.10 Å². The van der Waals surface area contributed by atoms with Crippen LogP contribution in [0, 0.1) is 0 Å². The third kappa shape index (κ3) is 54.2. The van der Waals surface area contributed by atoms with Gasteiger partial charge in [0.2, 0.25) is 0 Å².